The summed E-state index contributed by atoms with van der Waals surface area (Å²) in [6.07, 6.45) is 9.59. The standard InChI is InChI=1S/C23H27N7.CH2O2/c1-22(2)13-17(14-23(3,4)28-22)19-9-12-29-15-20(27-21(29)26-19)16-5-7-18(8-6-16)30-24-10-11-25-30;2-1-3/h5-12,15,17,28H,13-14H2,1-4H3;1H,(H,2,3). The molecule has 4 heterocycles. The second-order valence-electron chi connectivity index (χ2n) is 9.65. The van der Waals surface area contributed by atoms with E-state index in [0.717, 1.165) is 41.3 Å². The van der Waals surface area contributed by atoms with Gasteiger partial charge in [-0.2, -0.15) is 15.0 Å². The molecule has 0 aliphatic carbocycles. The van der Waals surface area contributed by atoms with Crippen LogP contribution in [0.15, 0.2) is 55.1 Å². The van der Waals surface area contributed by atoms with Gasteiger partial charge in [-0.1, -0.05) is 12.1 Å². The lowest BCUT2D eigenvalue weighted by molar-refractivity contribution is -0.122. The van der Waals surface area contributed by atoms with E-state index in [1.165, 1.54) is 0 Å². The van der Waals surface area contributed by atoms with Crippen LogP contribution in [0.4, 0.5) is 0 Å². The first-order valence-corrected chi connectivity index (χ1v) is 10.9. The number of imidazole rings is 1. The summed E-state index contributed by atoms with van der Waals surface area (Å²) in [5.41, 5.74) is 4.18. The number of carbonyl (C=O) groups is 1. The molecule has 1 aromatic carbocycles. The number of nitrogens with zero attached hydrogens (tertiary/aromatic N) is 6. The summed E-state index contributed by atoms with van der Waals surface area (Å²) in [7, 11) is 0. The monoisotopic (exact) mass is 447 g/mol. The zero-order valence-corrected chi connectivity index (χ0v) is 19.3. The molecule has 0 atom stereocenters. The van der Waals surface area contributed by atoms with E-state index in [0.29, 0.717) is 5.92 Å². The molecule has 9 heteroatoms. The van der Waals surface area contributed by atoms with Gasteiger partial charge in [0.2, 0.25) is 5.78 Å². The minimum Gasteiger partial charge on any atom is -0.483 e. The van der Waals surface area contributed by atoms with Gasteiger partial charge < -0.3 is 10.4 Å². The van der Waals surface area contributed by atoms with Crippen molar-refractivity contribution in [3.8, 4) is 16.9 Å². The largest absolute Gasteiger partial charge is 0.483 e. The van der Waals surface area contributed by atoms with Crippen LogP contribution < -0.4 is 5.32 Å². The van der Waals surface area contributed by atoms with Crippen LogP contribution in [-0.4, -0.2) is 52.0 Å². The van der Waals surface area contributed by atoms with Crippen LogP contribution in [0, 0.1) is 0 Å². The second-order valence-corrected chi connectivity index (χ2v) is 9.65. The van der Waals surface area contributed by atoms with Gasteiger partial charge in [-0.05, 0) is 58.7 Å². The molecule has 4 aromatic rings. The molecule has 0 bridgehead atoms. The van der Waals surface area contributed by atoms with Gasteiger partial charge in [0.25, 0.3) is 6.47 Å². The van der Waals surface area contributed by atoms with Crippen LogP contribution in [0.25, 0.3) is 22.7 Å². The van der Waals surface area contributed by atoms with Crippen molar-refractivity contribution in [3.63, 3.8) is 0 Å². The molecule has 5 rings (SSSR count). The Hall–Kier alpha value is -3.59. The third kappa shape index (κ3) is 5.09. The minimum atomic E-state index is -0.250. The first-order valence-electron chi connectivity index (χ1n) is 10.9. The van der Waals surface area contributed by atoms with Crippen molar-refractivity contribution in [1.82, 2.24) is 34.7 Å². The van der Waals surface area contributed by atoms with E-state index in [2.05, 4.69) is 55.5 Å². The number of hydrogen-bond acceptors (Lipinski definition) is 6. The lowest BCUT2D eigenvalue weighted by Crippen LogP contribution is -2.57. The SMILES string of the molecule is CC1(C)CC(c2ccn3cc(-c4ccc(-n5nccn5)cc4)nc3n2)CC(C)(C)N1.O=CO. The van der Waals surface area contributed by atoms with Gasteiger partial charge >= 0.3 is 0 Å². The Balaban J connectivity index is 0.000000821. The van der Waals surface area contributed by atoms with E-state index in [1.807, 2.05) is 34.9 Å². The van der Waals surface area contributed by atoms with Gasteiger partial charge in [-0.25, -0.2) is 9.97 Å². The maximum atomic E-state index is 8.36. The minimum absolute atomic E-state index is 0.0893. The second kappa shape index (κ2) is 8.74. The average Bonchev–Trinajstić information content (AvgIpc) is 3.42. The number of carboxylic acid groups (broad SMARTS) is 1. The number of hydrogen-bond donors (Lipinski definition) is 2. The summed E-state index contributed by atoms with van der Waals surface area (Å²) >= 11 is 0. The van der Waals surface area contributed by atoms with Gasteiger partial charge in [0.1, 0.15) is 0 Å². The third-order valence-electron chi connectivity index (χ3n) is 5.77. The van der Waals surface area contributed by atoms with Crippen LogP contribution in [0.5, 0.6) is 0 Å². The van der Waals surface area contributed by atoms with Crippen LogP contribution in [0.3, 0.4) is 0 Å². The lowest BCUT2D eigenvalue weighted by atomic mass is 9.74. The Morgan fingerprint density at radius 1 is 1.00 bits per heavy atom. The van der Waals surface area contributed by atoms with Crippen molar-refractivity contribution in [3.05, 3.63) is 60.8 Å². The van der Waals surface area contributed by atoms with E-state index in [-0.39, 0.29) is 17.6 Å². The molecule has 1 fully saturated rings. The number of nitrogens with one attached hydrogen (secondary N) is 1. The average molecular weight is 448 g/mol. The van der Waals surface area contributed by atoms with Crippen molar-refractivity contribution >= 4 is 12.2 Å². The van der Waals surface area contributed by atoms with Crippen LogP contribution >= 0.6 is 0 Å². The molecule has 1 aliphatic heterocycles. The first kappa shape index (κ1) is 22.6. The molecule has 2 N–H and O–H groups in total. The zero-order chi connectivity index (χ0) is 23.6. The van der Waals surface area contributed by atoms with Crippen LogP contribution in [0.2, 0.25) is 0 Å². The summed E-state index contributed by atoms with van der Waals surface area (Å²) in [5, 5.41) is 19.0. The molecule has 9 nitrogen and oxygen atoms in total. The van der Waals surface area contributed by atoms with E-state index in [1.54, 1.807) is 17.2 Å². The van der Waals surface area contributed by atoms with E-state index >= 15 is 0 Å². The number of fused-ring (bicyclic) bond motifs is 1. The molecule has 0 radical (unpaired) electrons. The number of rotatable bonds is 3. The normalized spacial score (nSPS) is 17.3. The van der Waals surface area contributed by atoms with E-state index in [4.69, 9.17) is 19.9 Å². The van der Waals surface area contributed by atoms with Crippen molar-refractivity contribution in [2.75, 3.05) is 0 Å². The predicted molar refractivity (Wildman–Crippen MR) is 125 cm³/mol. The van der Waals surface area contributed by atoms with Crippen molar-refractivity contribution in [2.45, 2.75) is 57.5 Å². The highest BCUT2D eigenvalue weighted by molar-refractivity contribution is 5.62. The van der Waals surface area contributed by atoms with Crippen molar-refractivity contribution < 1.29 is 9.90 Å². The maximum Gasteiger partial charge on any atom is 0.290 e. The molecular weight excluding hydrogens is 418 g/mol. The number of benzene rings is 1. The van der Waals surface area contributed by atoms with Crippen molar-refractivity contribution in [2.24, 2.45) is 0 Å². The van der Waals surface area contributed by atoms with Gasteiger partial charge in [0.15, 0.2) is 0 Å². The molecule has 33 heavy (non-hydrogen) atoms. The Morgan fingerprint density at radius 3 is 2.21 bits per heavy atom. The summed E-state index contributed by atoms with van der Waals surface area (Å²) in [5.74, 6) is 1.16. The number of piperidine rings is 1. The molecule has 0 unspecified atom stereocenters. The van der Waals surface area contributed by atoms with Gasteiger partial charge in [0.05, 0.1) is 23.8 Å². The molecular formula is C24H29N7O2. The Kier molecular flexibility index (Phi) is 5.99. The zero-order valence-electron chi connectivity index (χ0n) is 19.3. The van der Waals surface area contributed by atoms with Gasteiger partial charge in [-0.3, -0.25) is 9.20 Å². The van der Waals surface area contributed by atoms with Gasteiger partial charge in [-0.15, -0.1) is 0 Å². The van der Waals surface area contributed by atoms with E-state index in [9.17, 15) is 0 Å². The smallest absolute Gasteiger partial charge is 0.290 e. The quantitative estimate of drug-likeness (QED) is 0.461. The fourth-order valence-corrected chi connectivity index (χ4v) is 4.90. The molecule has 1 saturated heterocycles. The lowest BCUT2D eigenvalue weighted by Gasteiger charge is -2.46. The Morgan fingerprint density at radius 2 is 1.61 bits per heavy atom. The van der Waals surface area contributed by atoms with Gasteiger partial charge in [0, 0.05) is 40.6 Å². The first-order chi connectivity index (χ1) is 15.7. The summed E-state index contributed by atoms with van der Waals surface area (Å²) in [6.45, 7) is 8.84. The predicted octanol–water partition coefficient (Wildman–Crippen LogP) is 3.70. The molecule has 0 amide bonds. The molecule has 0 saturated carbocycles. The third-order valence-corrected chi connectivity index (χ3v) is 5.77. The molecule has 3 aromatic heterocycles. The highest BCUT2D eigenvalue weighted by atomic mass is 16.3. The Bertz CT molecular complexity index is 1210. The maximum absolute atomic E-state index is 8.36. The molecule has 1 aliphatic rings. The van der Waals surface area contributed by atoms with Crippen LogP contribution in [-0.2, 0) is 4.79 Å². The summed E-state index contributed by atoms with van der Waals surface area (Å²) < 4.78 is 2.00. The summed E-state index contributed by atoms with van der Waals surface area (Å²) in [4.78, 5) is 19.7. The highest BCUT2D eigenvalue weighted by Crippen LogP contribution is 2.38. The topological polar surface area (TPSA) is 110 Å². The Labute approximate surface area is 192 Å². The van der Waals surface area contributed by atoms with Crippen LogP contribution in [0.1, 0.15) is 52.1 Å². The number of aromatic nitrogens is 6. The molecule has 0 spiro atoms. The highest BCUT2D eigenvalue weighted by Gasteiger charge is 2.38. The van der Waals surface area contributed by atoms with E-state index < -0.39 is 0 Å². The summed E-state index contributed by atoms with van der Waals surface area (Å²) in [6, 6.07) is 10.2. The van der Waals surface area contributed by atoms with Crippen molar-refractivity contribution in [1.29, 1.82) is 0 Å². The fourth-order valence-electron chi connectivity index (χ4n) is 4.90. The fraction of sp³-hybridized carbons (Fsp3) is 0.375. The molecule has 172 valence electrons.